The zero-order chi connectivity index (χ0) is 23.9. The normalized spacial score (nSPS) is 10.9. The van der Waals surface area contributed by atoms with Gasteiger partial charge in [-0.05, 0) is 48.0 Å². The third-order valence-corrected chi connectivity index (χ3v) is 5.28. The van der Waals surface area contributed by atoms with Gasteiger partial charge in [-0.2, -0.15) is 5.10 Å². The second-order valence-corrected chi connectivity index (χ2v) is 7.88. The number of carbonyl (C=O) groups excluding carboxylic acids is 2. The highest BCUT2D eigenvalue weighted by Crippen LogP contribution is 2.27. The highest BCUT2D eigenvalue weighted by Gasteiger charge is 2.14. The van der Waals surface area contributed by atoms with E-state index in [-0.39, 0.29) is 6.61 Å². The first kappa shape index (κ1) is 23.0. The van der Waals surface area contributed by atoms with Crippen LogP contribution in [0.5, 0.6) is 11.5 Å². The van der Waals surface area contributed by atoms with Crippen LogP contribution in [0.4, 0.5) is 0 Å². The highest BCUT2D eigenvalue weighted by atomic mass is 35.5. The number of fused-ring (bicyclic) bond motifs is 1. The minimum Gasteiger partial charge on any atom is -0.482 e. The molecule has 0 heterocycles. The molecule has 7 heteroatoms. The third kappa shape index (κ3) is 5.60. The number of amides is 1. The first-order valence-electron chi connectivity index (χ1n) is 10.5. The molecule has 1 N–H and O–H groups in total. The minimum absolute atomic E-state index is 0.258. The lowest BCUT2D eigenvalue weighted by atomic mass is 10.0. The highest BCUT2D eigenvalue weighted by molar-refractivity contribution is 6.32. The summed E-state index contributed by atoms with van der Waals surface area (Å²) in [6.45, 7) is 1.65. The SMILES string of the molecule is Cc1cccc(C(=O)Oc2ccc3ccccc3c2C=NNC(=O)COc2ccccc2Cl)c1. The van der Waals surface area contributed by atoms with Crippen LogP contribution >= 0.6 is 11.6 Å². The van der Waals surface area contributed by atoms with Crippen LogP contribution in [0.1, 0.15) is 21.5 Å². The van der Waals surface area contributed by atoms with Gasteiger partial charge in [-0.25, -0.2) is 10.2 Å². The molecule has 4 rings (SSSR count). The van der Waals surface area contributed by atoms with Crippen molar-refractivity contribution in [1.29, 1.82) is 0 Å². The van der Waals surface area contributed by atoms with Crippen LogP contribution in [-0.4, -0.2) is 24.7 Å². The molecule has 0 spiro atoms. The second-order valence-electron chi connectivity index (χ2n) is 7.47. The summed E-state index contributed by atoms with van der Waals surface area (Å²) in [6.07, 6.45) is 1.45. The predicted molar refractivity (Wildman–Crippen MR) is 133 cm³/mol. The molecule has 0 radical (unpaired) electrons. The van der Waals surface area contributed by atoms with E-state index in [2.05, 4.69) is 10.5 Å². The van der Waals surface area contributed by atoms with Crippen molar-refractivity contribution in [2.24, 2.45) is 5.10 Å². The fraction of sp³-hybridized carbons (Fsp3) is 0.0741. The maximum absolute atomic E-state index is 12.7. The number of rotatable bonds is 7. The number of hydrogen-bond donors (Lipinski definition) is 1. The van der Waals surface area contributed by atoms with Crippen molar-refractivity contribution in [3.8, 4) is 11.5 Å². The summed E-state index contributed by atoms with van der Waals surface area (Å²) in [5, 5.41) is 6.22. The molecule has 1 amide bonds. The van der Waals surface area contributed by atoms with E-state index in [9.17, 15) is 9.59 Å². The van der Waals surface area contributed by atoms with Gasteiger partial charge >= 0.3 is 5.97 Å². The number of esters is 1. The van der Waals surface area contributed by atoms with Crippen LogP contribution in [0.25, 0.3) is 10.8 Å². The fourth-order valence-electron chi connectivity index (χ4n) is 3.33. The summed E-state index contributed by atoms with van der Waals surface area (Å²) in [7, 11) is 0. The topological polar surface area (TPSA) is 77.0 Å². The molecule has 0 unspecified atom stereocenters. The number of carbonyl (C=O) groups is 2. The molecule has 0 aliphatic heterocycles. The Kier molecular flexibility index (Phi) is 7.20. The molecule has 0 saturated heterocycles. The number of aryl methyl sites for hydroxylation is 1. The van der Waals surface area contributed by atoms with E-state index < -0.39 is 11.9 Å². The maximum atomic E-state index is 12.7. The maximum Gasteiger partial charge on any atom is 0.343 e. The van der Waals surface area contributed by atoms with Gasteiger partial charge in [-0.15, -0.1) is 0 Å². The Morgan fingerprint density at radius 2 is 1.74 bits per heavy atom. The molecule has 4 aromatic carbocycles. The van der Waals surface area contributed by atoms with Crippen molar-refractivity contribution in [2.45, 2.75) is 6.92 Å². The van der Waals surface area contributed by atoms with E-state index >= 15 is 0 Å². The minimum atomic E-state index is -0.481. The van der Waals surface area contributed by atoms with Gasteiger partial charge in [0.05, 0.1) is 16.8 Å². The zero-order valence-electron chi connectivity index (χ0n) is 18.3. The Balaban J connectivity index is 1.52. The zero-order valence-corrected chi connectivity index (χ0v) is 19.1. The molecule has 0 aliphatic rings. The van der Waals surface area contributed by atoms with E-state index in [1.54, 1.807) is 48.5 Å². The smallest absolute Gasteiger partial charge is 0.343 e. The number of nitrogens with one attached hydrogen (secondary N) is 1. The van der Waals surface area contributed by atoms with Gasteiger partial charge in [-0.1, -0.05) is 71.8 Å². The van der Waals surface area contributed by atoms with Crippen molar-refractivity contribution in [1.82, 2.24) is 5.43 Å². The molecular weight excluding hydrogens is 452 g/mol. The standard InChI is InChI=1S/C27H21ClN2O4/c1-18-7-6-9-20(15-18)27(32)34-24-14-13-19-8-2-3-10-21(19)22(24)16-29-30-26(31)17-33-25-12-5-4-11-23(25)28/h2-16H,17H2,1H3,(H,30,31). The molecule has 0 aromatic heterocycles. The third-order valence-electron chi connectivity index (χ3n) is 4.97. The van der Waals surface area contributed by atoms with Crippen LogP contribution in [0.3, 0.4) is 0 Å². The van der Waals surface area contributed by atoms with Crippen molar-refractivity contribution < 1.29 is 19.1 Å². The Bertz CT molecular complexity index is 1380. The lowest BCUT2D eigenvalue weighted by Gasteiger charge is -2.11. The summed E-state index contributed by atoms with van der Waals surface area (Å²) < 4.78 is 11.1. The quantitative estimate of drug-likeness (QED) is 0.165. The van der Waals surface area contributed by atoms with Crippen LogP contribution in [0.15, 0.2) is 90.0 Å². The van der Waals surface area contributed by atoms with E-state index in [0.717, 1.165) is 16.3 Å². The monoisotopic (exact) mass is 472 g/mol. The predicted octanol–water partition coefficient (Wildman–Crippen LogP) is 5.55. The van der Waals surface area contributed by atoms with Crippen molar-refractivity contribution in [3.63, 3.8) is 0 Å². The van der Waals surface area contributed by atoms with Gasteiger partial charge in [0.25, 0.3) is 5.91 Å². The Labute approximate surface area is 201 Å². The number of ether oxygens (including phenoxy) is 2. The summed E-state index contributed by atoms with van der Waals surface area (Å²) in [6, 6.07) is 25.2. The first-order valence-corrected chi connectivity index (χ1v) is 10.9. The van der Waals surface area contributed by atoms with Gasteiger partial charge in [-0.3, -0.25) is 4.79 Å². The van der Waals surface area contributed by atoms with Crippen molar-refractivity contribution in [3.05, 3.63) is 107 Å². The average Bonchev–Trinajstić information content (AvgIpc) is 2.84. The molecule has 0 aliphatic carbocycles. The summed E-state index contributed by atoms with van der Waals surface area (Å²) in [5.74, 6) is -0.210. The van der Waals surface area contributed by atoms with E-state index in [0.29, 0.717) is 27.6 Å². The van der Waals surface area contributed by atoms with Gasteiger partial charge < -0.3 is 9.47 Å². The van der Waals surface area contributed by atoms with Gasteiger partial charge in [0.15, 0.2) is 6.61 Å². The number of para-hydroxylation sites is 1. The second kappa shape index (κ2) is 10.6. The summed E-state index contributed by atoms with van der Waals surface area (Å²) >= 11 is 6.03. The number of benzene rings is 4. The summed E-state index contributed by atoms with van der Waals surface area (Å²) in [5.41, 5.74) is 4.39. The molecule has 4 aromatic rings. The van der Waals surface area contributed by atoms with Gasteiger partial charge in [0.1, 0.15) is 11.5 Å². The first-order chi connectivity index (χ1) is 16.5. The van der Waals surface area contributed by atoms with E-state index in [1.807, 2.05) is 43.3 Å². The molecule has 0 saturated carbocycles. The van der Waals surface area contributed by atoms with Gasteiger partial charge in [0.2, 0.25) is 0 Å². The Hall–Kier alpha value is -4.16. The number of nitrogens with zero attached hydrogens (tertiary/aromatic N) is 1. The molecule has 34 heavy (non-hydrogen) atoms. The Morgan fingerprint density at radius 3 is 2.56 bits per heavy atom. The molecule has 0 bridgehead atoms. The molecule has 6 nitrogen and oxygen atoms in total. The average molecular weight is 473 g/mol. The number of halogens is 1. The van der Waals surface area contributed by atoms with Crippen molar-refractivity contribution in [2.75, 3.05) is 6.61 Å². The van der Waals surface area contributed by atoms with Crippen LogP contribution < -0.4 is 14.9 Å². The van der Waals surface area contributed by atoms with Gasteiger partial charge in [0, 0.05) is 5.56 Å². The summed E-state index contributed by atoms with van der Waals surface area (Å²) in [4.78, 5) is 24.9. The van der Waals surface area contributed by atoms with E-state index in [4.69, 9.17) is 21.1 Å². The molecule has 170 valence electrons. The lowest BCUT2D eigenvalue weighted by molar-refractivity contribution is -0.123. The number of hydrogen-bond acceptors (Lipinski definition) is 5. The van der Waals surface area contributed by atoms with Crippen LogP contribution in [0, 0.1) is 6.92 Å². The van der Waals surface area contributed by atoms with Crippen molar-refractivity contribution >= 4 is 40.5 Å². The number of hydrazone groups is 1. The lowest BCUT2D eigenvalue weighted by Crippen LogP contribution is -2.24. The largest absolute Gasteiger partial charge is 0.482 e. The van der Waals surface area contributed by atoms with Crippen LogP contribution in [-0.2, 0) is 4.79 Å². The fourth-order valence-corrected chi connectivity index (χ4v) is 3.53. The molecule has 0 atom stereocenters. The molecule has 0 fully saturated rings. The Morgan fingerprint density at radius 1 is 0.941 bits per heavy atom. The van der Waals surface area contributed by atoms with E-state index in [1.165, 1.54) is 6.21 Å². The van der Waals surface area contributed by atoms with Crippen LogP contribution in [0.2, 0.25) is 5.02 Å². The molecular formula is C27H21ClN2O4.